The monoisotopic (exact) mass is 347 g/mol. The molecule has 0 radical (unpaired) electrons. The molecule has 0 aliphatic carbocycles. The number of carbonyl (C=O) groups is 1. The summed E-state index contributed by atoms with van der Waals surface area (Å²) in [5.41, 5.74) is 4.08. The van der Waals surface area contributed by atoms with Crippen molar-refractivity contribution in [3.8, 4) is 0 Å². The number of amides is 1. The zero-order chi connectivity index (χ0) is 17.9. The van der Waals surface area contributed by atoms with Crippen LogP contribution in [0.15, 0.2) is 48.5 Å². The number of fused-ring (bicyclic) bond motifs is 3. The van der Waals surface area contributed by atoms with E-state index in [1.54, 1.807) is 0 Å². The fourth-order valence-electron chi connectivity index (χ4n) is 3.73. The zero-order valence-corrected chi connectivity index (χ0v) is 15.2. The van der Waals surface area contributed by atoms with Crippen LogP contribution in [0.2, 0.25) is 0 Å². The fraction of sp³-hybridized carbons (Fsp3) is 0.364. The molecular weight excluding hydrogens is 322 g/mol. The second-order valence-electron chi connectivity index (χ2n) is 7.33. The van der Waals surface area contributed by atoms with Gasteiger partial charge in [-0.05, 0) is 48.9 Å². The first-order chi connectivity index (χ1) is 12.7. The molecule has 1 amide bonds. The number of aromatic nitrogens is 2. The second-order valence-corrected chi connectivity index (χ2v) is 7.33. The summed E-state index contributed by atoms with van der Waals surface area (Å²) in [6, 6.07) is 16.3. The van der Waals surface area contributed by atoms with Crippen molar-refractivity contribution in [3.05, 3.63) is 65.5 Å². The average Bonchev–Trinajstić information content (AvgIpc) is 3.02. The van der Waals surface area contributed by atoms with Gasteiger partial charge in [-0.1, -0.05) is 37.3 Å². The van der Waals surface area contributed by atoms with Crippen molar-refractivity contribution in [1.29, 1.82) is 0 Å². The summed E-state index contributed by atoms with van der Waals surface area (Å²) in [6.45, 7) is 3.98. The lowest BCUT2D eigenvalue weighted by molar-refractivity contribution is 0.0953. The number of nitrogens with zero attached hydrogens (tertiary/aromatic N) is 2. The van der Waals surface area contributed by atoms with Crippen LogP contribution in [0.1, 0.15) is 41.5 Å². The Morgan fingerprint density at radius 2 is 2.08 bits per heavy atom. The van der Waals surface area contributed by atoms with Crippen molar-refractivity contribution in [2.24, 2.45) is 5.92 Å². The maximum absolute atomic E-state index is 12.4. The third kappa shape index (κ3) is 3.50. The van der Waals surface area contributed by atoms with Crippen molar-refractivity contribution >= 4 is 16.9 Å². The second kappa shape index (κ2) is 7.32. The van der Waals surface area contributed by atoms with Crippen LogP contribution in [0.5, 0.6) is 0 Å². The Morgan fingerprint density at radius 1 is 1.23 bits per heavy atom. The molecule has 1 atom stereocenters. The maximum atomic E-state index is 12.4. The van der Waals surface area contributed by atoms with Gasteiger partial charge in [-0.15, -0.1) is 0 Å². The molecule has 4 heteroatoms. The van der Waals surface area contributed by atoms with Crippen LogP contribution in [0.25, 0.3) is 11.0 Å². The molecule has 2 heterocycles. The molecule has 4 rings (SSSR count). The van der Waals surface area contributed by atoms with Crippen LogP contribution >= 0.6 is 0 Å². The summed E-state index contributed by atoms with van der Waals surface area (Å²) < 4.78 is 2.30. The Bertz CT molecular complexity index is 914. The van der Waals surface area contributed by atoms with Gasteiger partial charge in [-0.25, -0.2) is 4.98 Å². The van der Waals surface area contributed by atoms with E-state index in [4.69, 9.17) is 4.98 Å². The number of nitrogens with one attached hydrogen (secondary N) is 1. The van der Waals surface area contributed by atoms with E-state index in [1.807, 2.05) is 36.4 Å². The van der Waals surface area contributed by atoms with Crippen LogP contribution in [-0.4, -0.2) is 22.0 Å². The predicted octanol–water partition coefficient (Wildman–Crippen LogP) is 3.98. The minimum absolute atomic E-state index is 0.0145. The van der Waals surface area contributed by atoms with Crippen molar-refractivity contribution in [1.82, 2.24) is 14.9 Å². The lowest BCUT2D eigenvalue weighted by Gasteiger charge is -2.19. The molecule has 26 heavy (non-hydrogen) atoms. The molecule has 0 bridgehead atoms. The van der Waals surface area contributed by atoms with Gasteiger partial charge in [-0.3, -0.25) is 4.79 Å². The smallest absolute Gasteiger partial charge is 0.251 e. The first-order valence-electron chi connectivity index (χ1n) is 9.52. The van der Waals surface area contributed by atoms with Crippen molar-refractivity contribution in [2.45, 2.75) is 39.2 Å². The van der Waals surface area contributed by atoms with Crippen molar-refractivity contribution < 1.29 is 4.79 Å². The van der Waals surface area contributed by atoms with E-state index in [1.165, 1.54) is 12.0 Å². The topological polar surface area (TPSA) is 46.9 Å². The minimum atomic E-state index is -0.0145. The van der Waals surface area contributed by atoms with Gasteiger partial charge >= 0.3 is 0 Å². The van der Waals surface area contributed by atoms with Gasteiger partial charge in [0.15, 0.2) is 0 Å². The number of imidazole rings is 1. The summed E-state index contributed by atoms with van der Waals surface area (Å²) in [5.74, 6) is 1.82. The summed E-state index contributed by atoms with van der Waals surface area (Å²) in [4.78, 5) is 17.2. The number of hydrogen-bond donors (Lipinski definition) is 1. The molecule has 4 nitrogen and oxygen atoms in total. The summed E-state index contributed by atoms with van der Waals surface area (Å²) in [7, 11) is 0. The third-order valence-electron chi connectivity index (χ3n) is 5.24. The Balaban J connectivity index is 1.39. The SMILES string of the molecule is C[C@@H]1CCn2c(nc3cc(C(=O)NCCCc4ccccc4)ccc32)C1. The third-order valence-corrected chi connectivity index (χ3v) is 5.24. The van der Waals surface area contributed by atoms with E-state index in [9.17, 15) is 4.79 Å². The van der Waals surface area contributed by atoms with Crippen LogP contribution in [0.3, 0.4) is 0 Å². The van der Waals surface area contributed by atoms with Gasteiger partial charge in [0, 0.05) is 25.1 Å². The van der Waals surface area contributed by atoms with Gasteiger partial charge in [0.05, 0.1) is 11.0 Å². The van der Waals surface area contributed by atoms with E-state index < -0.39 is 0 Å². The van der Waals surface area contributed by atoms with E-state index >= 15 is 0 Å². The molecule has 0 saturated carbocycles. The highest BCUT2D eigenvalue weighted by Gasteiger charge is 2.19. The highest BCUT2D eigenvalue weighted by molar-refractivity contribution is 5.97. The summed E-state index contributed by atoms with van der Waals surface area (Å²) >= 11 is 0. The van der Waals surface area contributed by atoms with Gasteiger partial charge in [-0.2, -0.15) is 0 Å². The molecular formula is C22H25N3O. The fourth-order valence-corrected chi connectivity index (χ4v) is 3.73. The lowest BCUT2D eigenvalue weighted by Crippen LogP contribution is -2.24. The van der Waals surface area contributed by atoms with Crippen molar-refractivity contribution in [2.75, 3.05) is 6.54 Å². The van der Waals surface area contributed by atoms with Crippen molar-refractivity contribution in [3.63, 3.8) is 0 Å². The molecule has 2 aromatic carbocycles. The molecule has 1 aliphatic rings. The van der Waals surface area contributed by atoms with Crippen LogP contribution in [0, 0.1) is 5.92 Å². The number of aryl methyl sites for hydroxylation is 2. The van der Waals surface area contributed by atoms with Crippen LogP contribution < -0.4 is 5.32 Å². The highest BCUT2D eigenvalue weighted by Crippen LogP contribution is 2.25. The Hall–Kier alpha value is -2.62. The standard InChI is InChI=1S/C22H25N3O/c1-16-11-13-25-20-10-9-18(15-19(20)24-21(25)14-16)22(26)23-12-5-8-17-6-3-2-4-7-17/h2-4,6-7,9-10,15-16H,5,8,11-14H2,1H3,(H,23,26)/t16-/m1/s1. The average molecular weight is 347 g/mol. The van der Waals surface area contributed by atoms with E-state index in [2.05, 4.69) is 28.9 Å². The molecule has 0 saturated heterocycles. The van der Waals surface area contributed by atoms with E-state index in [-0.39, 0.29) is 5.91 Å². The largest absolute Gasteiger partial charge is 0.352 e. The van der Waals surface area contributed by atoms with Crippen LogP contribution in [0.4, 0.5) is 0 Å². The van der Waals surface area contributed by atoms with Gasteiger partial charge in [0.1, 0.15) is 5.82 Å². The molecule has 1 N–H and O–H groups in total. The highest BCUT2D eigenvalue weighted by atomic mass is 16.1. The Kier molecular flexibility index (Phi) is 4.74. The molecule has 0 fully saturated rings. The van der Waals surface area contributed by atoms with Gasteiger partial charge in [0.2, 0.25) is 0 Å². The van der Waals surface area contributed by atoms with Gasteiger partial charge in [0.25, 0.3) is 5.91 Å². The van der Waals surface area contributed by atoms with Gasteiger partial charge < -0.3 is 9.88 Å². The number of hydrogen-bond acceptors (Lipinski definition) is 2. The first kappa shape index (κ1) is 16.8. The Labute approximate surface area is 154 Å². The normalized spacial score (nSPS) is 16.4. The summed E-state index contributed by atoms with van der Waals surface area (Å²) in [5, 5.41) is 3.03. The minimum Gasteiger partial charge on any atom is -0.352 e. The molecule has 0 unspecified atom stereocenters. The molecule has 1 aliphatic heterocycles. The summed E-state index contributed by atoms with van der Waals surface area (Å²) in [6.07, 6.45) is 4.14. The zero-order valence-electron chi connectivity index (χ0n) is 15.2. The Morgan fingerprint density at radius 3 is 2.92 bits per heavy atom. The predicted molar refractivity (Wildman–Crippen MR) is 104 cm³/mol. The molecule has 134 valence electrons. The first-order valence-corrected chi connectivity index (χ1v) is 9.52. The lowest BCUT2D eigenvalue weighted by atomic mass is 10.0. The number of carbonyl (C=O) groups excluding carboxylic acids is 1. The number of benzene rings is 2. The molecule has 3 aromatic rings. The van der Waals surface area contributed by atoms with E-state index in [0.29, 0.717) is 18.0 Å². The quantitative estimate of drug-likeness (QED) is 0.710. The van der Waals surface area contributed by atoms with E-state index in [0.717, 1.165) is 42.7 Å². The molecule has 0 spiro atoms. The van der Waals surface area contributed by atoms with Crippen LogP contribution in [-0.2, 0) is 19.4 Å². The maximum Gasteiger partial charge on any atom is 0.251 e. The number of rotatable bonds is 5. The molecule has 1 aromatic heterocycles.